The van der Waals surface area contributed by atoms with Crippen molar-refractivity contribution in [3.05, 3.63) is 71.5 Å². The SMILES string of the molecule is O=C(Nc1nc(-c2ccc(F)c(F)c2)cs1)c1cn2ccccc2n1. The van der Waals surface area contributed by atoms with Crippen LogP contribution in [0.2, 0.25) is 0 Å². The number of pyridine rings is 1. The molecule has 3 aromatic heterocycles. The molecule has 0 aliphatic rings. The second-order valence-electron chi connectivity index (χ2n) is 5.21. The maximum Gasteiger partial charge on any atom is 0.277 e. The molecule has 3 heterocycles. The molecule has 0 radical (unpaired) electrons. The minimum Gasteiger partial charge on any atom is -0.306 e. The number of amides is 1. The summed E-state index contributed by atoms with van der Waals surface area (Å²) >= 11 is 1.19. The van der Waals surface area contributed by atoms with E-state index in [9.17, 15) is 13.6 Å². The zero-order valence-electron chi connectivity index (χ0n) is 12.6. The van der Waals surface area contributed by atoms with Crippen molar-refractivity contribution >= 4 is 28.0 Å². The van der Waals surface area contributed by atoms with Gasteiger partial charge in [0.2, 0.25) is 0 Å². The number of aromatic nitrogens is 3. The topological polar surface area (TPSA) is 59.3 Å². The number of nitrogens with one attached hydrogen (secondary N) is 1. The lowest BCUT2D eigenvalue weighted by atomic mass is 10.2. The van der Waals surface area contributed by atoms with Crippen LogP contribution in [-0.4, -0.2) is 20.3 Å². The van der Waals surface area contributed by atoms with Crippen molar-refractivity contribution in [2.24, 2.45) is 0 Å². The first-order valence-corrected chi connectivity index (χ1v) is 8.14. The van der Waals surface area contributed by atoms with Gasteiger partial charge in [0, 0.05) is 23.3 Å². The Bertz CT molecular complexity index is 1060. The average Bonchev–Trinajstić information content (AvgIpc) is 3.24. The predicted molar refractivity (Wildman–Crippen MR) is 90.6 cm³/mol. The van der Waals surface area contributed by atoms with Crippen molar-refractivity contribution < 1.29 is 13.6 Å². The molecule has 0 saturated heterocycles. The number of nitrogens with zero attached hydrogens (tertiary/aromatic N) is 3. The molecule has 0 atom stereocenters. The van der Waals surface area contributed by atoms with Gasteiger partial charge in [-0.25, -0.2) is 18.7 Å². The Balaban J connectivity index is 1.56. The number of halogens is 2. The maximum absolute atomic E-state index is 13.3. The molecule has 8 heteroatoms. The average molecular weight is 356 g/mol. The zero-order valence-corrected chi connectivity index (χ0v) is 13.4. The van der Waals surface area contributed by atoms with Gasteiger partial charge >= 0.3 is 0 Å². The summed E-state index contributed by atoms with van der Waals surface area (Å²) in [5, 5.41) is 4.67. The number of carbonyl (C=O) groups excluding carboxylic acids is 1. The summed E-state index contributed by atoms with van der Waals surface area (Å²) in [6.07, 6.45) is 3.41. The van der Waals surface area contributed by atoms with E-state index in [0.717, 1.165) is 12.1 Å². The molecular formula is C17H10F2N4OS. The van der Waals surface area contributed by atoms with Gasteiger partial charge in [0.05, 0.1) is 5.69 Å². The van der Waals surface area contributed by atoms with Crippen LogP contribution in [0.1, 0.15) is 10.5 Å². The highest BCUT2D eigenvalue weighted by Gasteiger charge is 2.14. The summed E-state index contributed by atoms with van der Waals surface area (Å²) in [4.78, 5) is 20.8. The monoisotopic (exact) mass is 356 g/mol. The molecule has 1 N–H and O–H groups in total. The molecule has 4 aromatic rings. The summed E-state index contributed by atoms with van der Waals surface area (Å²) in [5.74, 6) is -2.25. The normalized spacial score (nSPS) is 11.0. The number of hydrogen-bond donors (Lipinski definition) is 1. The summed E-state index contributed by atoms with van der Waals surface area (Å²) in [6.45, 7) is 0. The van der Waals surface area contributed by atoms with Crippen LogP contribution in [0.25, 0.3) is 16.9 Å². The van der Waals surface area contributed by atoms with Crippen LogP contribution in [0.5, 0.6) is 0 Å². The number of rotatable bonds is 3. The summed E-state index contributed by atoms with van der Waals surface area (Å²) < 4.78 is 28.1. The van der Waals surface area contributed by atoms with Crippen molar-refractivity contribution in [3.63, 3.8) is 0 Å². The molecule has 0 fully saturated rings. The molecule has 0 bridgehead atoms. The molecule has 5 nitrogen and oxygen atoms in total. The lowest BCUT2D eigenvalue weighted by molar-refractivity contribution is 0.102. The first-order chi connectivity index (χ1) is 12.1. The third kappa shape index (κ3) is 2.99. The van der Waals surface area contributed by atoms with Crippen LogP contribution in [0, 0.1) is 11.6 Å². The summed E-state index contributed by atoms with van der Waals surface area (Å²) in [5.41, 5.74) is 1.81. The van der Waals surface area contributed by atoms with Crippen molar-refractivity contribution in [1.82, 2.24) is 14.4 Å². The second-order valence-corrected chi connectivity index (χ2v) is 6.07. The molecule has 0 aliphatic carbocycles. The van der Waals surface area contributed by atoms with E-state index < -0.39 is 17.5 Å². The van der Waals surface area contributed by atoms with Gasteiger partial charge in [-0.05, 0) is 30.3 Å². The van der Waals surface area contributed by atoms with E-state index in [1.165, 1.54) is 17.4 Å². The van der Waals surface area contributed by atoms with Crippen molar-refractivity contribution in [1.29, 1.82) is 0 Å². The molecule has 25 heavy (non-hydrogen) atoms. The highest BCUT2D eigenvalue weighted by Crippen LogP contribution is 2.26. The van der Waals surface area contributed by atoms with E-state index >= 15 is 0 Å². The molecule has 0 aliphatic heterocycles. The highest BCUT2D eigenvalue weighted by molar-refractivity contribution is 7.14. The number of thiazole rings is 1. The summed E-state index contributed by atoms with van der Waals surface area (Å²) in [6, 6.07) is 9.00. The number of imidazole rings is 1. The Morgan fingerprint density at radius 3 is 2.80 bits per heavy atom. The van der Waals surface area contributed by atoms with Gasteiger partial charge in [-0.3, -0.25) is 10.1 Å². The fraction of sp³-hybridized carbons (Fsp3) is 0. The summed E-state index contributed by atoms with van der Waals surface area (Å²) in [7, 11) is 0. The van der Waals surface area contributed by atoms with Gasteiger partial charge < -0.3 is 4.40 Å². The van der Waals surface area contributed by atoms with E-state index in [-0.39, 0.29) is 5.69 Å². The highest BCUT2D eigenvalue weighted by atomic mass is 32.1. The first-order valence-electron chi connectivity index (χ1n) is 7.26. The minimum atomic E-state index is -0.944. The fourth-order valence-corrected chi connectivity index (χ4v) is 3.04. The smallest absolute Gasteiger partial charge is 0.277 e. The second kappa shape index (κ2) is 6.06. The maximum atomic E-state index is 13.3. The van der Waals surface area contributed by atoms with Crippen LogP contribution in [-0.2, 0) is 0 Å². The van der Waals surface area contributed by atoms with Crippen molar-refractivity contribution in [2.75, 3.05) is 5.32 Å². The van der Waals surface area contributed by atoms with Gasteiger partial charge in [0.1, 0.15) is 11.3 Å². The largest absolute Gasteiger partial charge is 0.306 e. The number of benzene rings is 1. The molecule has 0 saturated carbocycles. The van der Waals surface area contributed by atoms with Crippen LogP contribution in [0.3, 0.4) is 0 Å². The van der Waals surface area contributed by atoms with E-state index in [4.69, 9.17) is 0 Å². The molecule has 1 aromatic carbocycles. The van der Waals surface area contributed by atoms with Gasteiger partial charge in [-0.2, -0.15) is 0 Å². The van der Waals surface area contributed by atoms with Gasteiger partial charge in [0.25, 0.3) is 5.91 Å². The Morgan fingerprint density at radius 1 is 1.12 bits per heavy atom. The van der Waals surface area contributed by atoms with Crippen molar-refractivity contribution in [2.45, 2.75) is 0 Å². The predicted octanol–water partition coefficient (Wildman–Crippen LogP) is 3.99. The number of carbonyl (C=O) groups is 1. The Kier molecular flexibility index (Phi) is 3.73. The van der Waals surface area contributed by atoms with E-state index in [2.05, 4.69) is 15.3 Å². The molecule has 0 unspecified atom stereocenters. The van der Waals surface area contributed by atoms with Gasteiger partial charge in [-0.15, -0.1) is 11.3 Å². The van der Waals surface area contributed by atoms with Crippen LogP contribution in [0.15, 0.2) is 54.2 Å². The van der Waals surface area contributed by atoms with Gasteiger partial charge in [-0.1, -0.05) is 6.07 Å². The van der Waals surface area contributed by atoms with E-state index in [1.54, 1.807) is 28.2 Å². The van der Waals surface area contributed by atoms with Crippen LogP contribution < -0.4 is 5.32 Å². The quantitative estimate of drug-likeness (QED) is 0.604. The fourth-order valence-electron chi connectivity index (χ4n) is 2.32. The zero-order chi connectivity index (χ0) is 17.4. The number of anilines is 1. The van der Waals surface area contributed by atoms with E-state index in [1.807, 2.05) is 12.1 Å². The first kappa shape index (κ1) is 15.4. The molecule has 124 valence electrons. The number of fused-ring (bicyclic) bond motifs is 1. The molecule has 4 rings (SSSR count). The Morgan fingerprint density at radius 2 is 2.00 bits per heavy atom. The molecule has 0 spiro atoms. The third-order valence-corrected chi connectivity index (χ3v) is 4.29. The molecule has 1 amide bonds. The Hall–Kier alpha value is -3.13. The van der Waals surface area contributed by atoms with Gasteiger partial charge in [0.15, 0.2) is 16.8 Å². The lowest BCUT2D eigenvalue weighted by Gasteiger charge is -1.99. The van der Waals surface area contributed by atoms with Crippen LogP contribution >= 0.6 is 11.3 Å². The molecular weight excluding hydrogens is 346 g/mol. The minimum absolute atomic E-state index is 0.260. The van der Waals surface area contributed by atoms with E-state index in [0.29, 0.717) is 22.0 Å². The van der Waals surface area contributed by atoms with Crippen LogP contribution in [0.4, 0.5) is 13.9 Å². The number of hydrogen-bond acceptors (Lipinski definition) is 4. The van der Waals surface area contributed by atoms with Crippen molar-refractivity contribution in [3.8, 4) is 11.3 Å². The third-order valence-electron chi connectivity index (χ3n) is 3.54. The standard InChI is InChI=1S/C17H10F2N4OS/c18-11-5-4-10(7-12(11)19)14-9-25-17(21-14)22-16(24)13-8-23-6-2-1-3-15(23)20-13/h1-9H,(H,21,22,24). The Labute approximate surface area is 144 Å². The lowest BCUT2D eigenvalue weighted by Crippen LogP contribution is -2.12.